The Labute approximate surface area is 50.7 Å². The molecule has 0 aromatic heterocycles. The van der Waals surface area contributed by atoms with Crippen LogP contribution >= 0.6 is 18.1 Å². The number of hydrogen-bond acceptors (Lipinski definition) is 2. The van der Waals surface area contributed by atoms with Gasteiger partial charge in [-0.2, -0.15) is 0 Å². The molecule has 0 rings (SSSR count). The van der Waals surface area contributed by atoms with Gasteiger partial charge in [0.2, 0.25) is 0 Å². The van der Waals surface area contributed by atoms with Crippen molar-refractivity contribution in [2.24, 2.45) is 0 Å². The molecule has 0 radical (unpaired) electrons. The number of nitriles is 1. The van der Waals surface area contributed by atoms with Crippen molar-refractivity contribution in [3.8, 4) is 5.40 Å². The number of thiocyanates is 1. The third-order valence-electron chi connectivity index (χ3n) is 0.213. The van der Waals surface area contributed by atoms with Crippen molar-refractivity contribution < 1.29 is 21.0 Å². The van der Waals surface area contributed by atoms with Gasteiger partial charge in [0.15, 0.2) is 0 Å². The molecule has 8 heteroatoms. The van der Waals surface area contributed by atoms with E-state index >= 15 is 0 Å². The normalized spacial score (nSPS) is 19.6. The van der Waals surface area contributed by atoms with Gasteiger partial charge in [-0.25, -0.2) is 0 Å². The molecule has 0 aliphatic rings. The van der Waals surface area contributed by atoms with Crippen LogP contribution in [0.3, 0.4) is 0 Å². The number of hydrogen-bond donors (Lipinski definition) is 0. The first-order chi connectivity index (χ1) is 3.54. The molecule has 0 fully saturated rings. The van der Waals surface area contributed by atoms with E-state index in [-0.39, 0.29) is 0 Å². The van der Waals surface area contributed by atoms with E-state index in [0.717, 1.165) is 0 Å². The van der Waals surface area contributed by atoms with Crippen molar-refractivity contribution >= 4 is 18.1 Å². The number of rotatable bonds is 1. The molecule has 0 aliphatic heterocycles. The number of halogens is 5. The Hall–Kier alpha value is -0.0800. The summed E-state index contributed by atoms with van der Waals surface area (Å²) < 4.78 is 54.9. The maximum atomic E-state index is 11.0. The summed E-state index contributed by atoms with van der Waals surface area (Å²) in [6, 6.07) is 0. The Balaban J connectivity index is 4.59. The predicted octanol–water partition coefficient (Wildman–Crippen LogP) is 3.63. The fourth-order valence-electron chi connectivity index (χ4n) is 0.0772. The molecule has 0 aromatic rings. The fraction of sp³-hybridized carbons (Fsp3) is 0. The van der Waals surface area contributed by atoms with E-state index in [2.05, 4.69) is 0 Å². The van der Waals surface area contributed by atoms with Gasteiger partial charge < -0.3 is 0 Å². The molecule has 0 saturated heterocycles. The summed E-state index contributed by atoms with van der Waals surface area (Å²) >= 11 is -1.90. The Bertz CT molecular complexity index is 159. The minimum atomic E-state index is -9.68. The second kappa shape index (κ2) is 1.32. The maximum absolute atomic E-state index is 11.0. The van der Waals surface area contributed by atoms with Crippen LogP contribution in [0.2, 0.25) is 0 Å². The SMILES string of the molecule is N#CS[P-](F)(F)(F)(F)F. The number of nitrogens with zero attached hydrogens (tertiary/aromatic N) is 1. The van der Waals surface area contributed by atoms with Gasteiger partial charge in [-0.05, 0) is 0 Å². The first-order valence-corrected chi connectivity index (χ1v) is 5.01. The topological polar surface area (TPSA) is 23.8 Å². The zero-order valence-electron chi connectivity index (χ0n) is 3.69. The van der Waals surface area contributed by atoms with Crippen molar-refractivity contribution in [2.75, 3.05) is 0 Å². The molecule has 56 valence electrons. The zero-order valence-corrected chi connectivity index (χ0v) is 5.40. The summed E-state index contributed by atoms with van der Waals surface area (Å²) in [5, 5.41) is 7.57. The van der Waals surface area contributed by atoms with Crippen molar-refractivity contribution in [3.05, 3.63) is 0 Å². The van der Waals surface area contributed by atoms with E-state index in [1.807, 2.05) is 0 Å². The van der Waals surface area contributed by atoms with E-state index in [1.54, 1.807) is 0 Å². The van der Waals surface area contributed by atoms with Gasteiger partial charge in [0.25, 0.3) is 0 Å². The van der Waals surface area contributed by atoms with Gasteiger partial charge in [0.1, 0.15) is 0 Å². The predicted molar refractivity (Wildman–Crippen MR) is 25.7 cm³/mol. The summed E-state index contributed by atoms with van der Waals surface area (Å²) in [7, 11) is 0. The molecule has 0 aromatic carbocycles. The first-order valence-electron chi connectivity index (χ1n) is 1.46. The van der Waals surface area contributed by atoms with Crippen LogP contribution in [-0.2, 0) is 0 Å². The Morgan fingerprint density at radius 2 is 1.44 bits per heavy atom. The van der Waals surface area contributed by atoms with Gasteiger partial charge in [0, 0.05) is 0 Å². The van der Waals surface area contributed by atoms with Crippen LogP contribution in [0, 0.1) is 10.7 Å². The molecule has 0 N–H and O–H groups in total. The van der Waals surface area contributed by atoms with Crippen LogP contribution < -0.4 is 0 Å². The van der Waals surface area contributed by atoms with Crippen molar-refractivity contribution in [2.45, 2.75) is 0 Å². The van der Waals surface area contributed by atoms with Gasteiger partial charge in [0.05, 0.1) is 0 Å². The fourth-order valence-corrected chi connectivity index (χ4v) is 0.694. The molecule has 0 unspecified atom stereocenters. The molecule has 1 nitrogen and oxygen atoms in total. The van der Waals surface area contributed by atoms with Crippen LogP contribution in [0.25, 0.3) is 0 Å². The van der Waals surface area contributed by atoms with E-state index in [4.69, 9.17) is 5.26 Å². The second-order valence-corrected chi connectivity index (χ2v) is 6.12. The van der Waals surface area contributed by atoms with E-state index in [9.17, 15) is 21.0 Å². The van der Waals surface area contributed by atoms with E-state index in [1.165, 1.54) is 0 Å². The van der Waals surface area contributed by atoms with Crippen LogP contribution in [0.4, 0.5) is 21.0 Å². The van der Waals surface area contributed by atoms with Gasteiger partial charge in [-0.15, -0.1) is 0 Å². The summed E-state index contributed by atoms with van der Waals surface area (Å²) in [6.45, 7) is -9.68. The van der Waals surface area contributed by atoms with Crippen molar-refractivity contribution in [1.29, 1.82) is 5.26 Å². The van der Waals surface area contributed by atoms with Gasteiger partial charge in [-0.3, -0.25) is 0 Å². The van der Waals surface area contributed by atoms with Crippen LogP contribution in [-0.4, -0.2) is 0 Å². The molecule has 0 heterocycles. The minimum absolute atomic E-state index is 0.291. The van der Waals surface area contributed by atoms with Crippen molar-refractivity contribution in [3.63, 3.8) is 0 Å². The molecule has 0 saturated carbocycles. The molecule has 0 aliphatic carbocycles. The molecular formula is CF5NPS-. The molecule has 0 bridgehead atoms. The Morgan fingerprint density at radius 3 is 1.44 bits per heavy atom. The Morgan fingerprint density at radius 1 is 1.11 bits per heavy atom. The molecule has 0 amide bonds. The first kappa shape index (κ1) is 8.92. The summed E-state index contributed by atoms with van der Waals surface area (Å²) in [4.78, 5) is 0. The van der Waals surface area contributed by atoms with E-state index in [0.29, 0.717) is 5.40 Å². The van der Waals surface area contributed by atoms with Gasteiger partial charge in [-0.1, -0.05) is 0 Å². The average molecular weight is 184 g/mol. The summed E-state index contributed by atoms with van der Waals surface area (Å²) in [6.07, 6.45) is 0. The summed E-state index contributed by atoms with van der Waals surface area (Å²) in [5.41, 5.74) is 0. The summed E-state index contributed by atoms with van der Waals surface area (Å²) in [5.74, 6) is 0. The van der Waals surface area contributed by atoms with Crippen molar-refractivity contribution in [1.82, 2.24) is 0 Å². The van der Waals surface area contributed by atoms with Crippen LogP contribution in [0.5, 0.6) is 0 Å². The Kier molecular flexibility index (Phi) is 1.31. The molecular weight excluding hydrogens is 184 g/mol. The molecule has 0 spiro atoms. The average Bonchev–Trinajstić information content (AvgIpc) is 1.22. The molecule has 0 atom stereocenters. The quantitative estimate of drug-likeness (QED) is 0.353. The monoisotopic (exact) mass is 184 g/mol. The zero-order chi connectivity index (χ0) is 7.82. The van der Waals surface area contributed by atoms with Crippen LogP contribution in [0.15, 0.2) is 0 Å². The second-order valence-electron chi connectivity index (χ2n) is 1.17. The molecule has 9 heavy (non-hydrogen) atoms. The third-order valence-corrected chi connectivity index (χ3v) is 1.92. The standard InChI is InChI=1S/CF5NPS/c2-8(3,4,5,6)9-1-7/q-1. The third kappa shape index (κ3) is 7.92. The van der Waals surface area contributed by atoms with Gasteiger partial charge >= 0.3 is 49.7 Å². The van der Waals surface area contributed by atoms with E-state index < -0.39 is 18.1 Å². The van der Waals surface area contributed by atoms with Crippen LogP contribution in [0.1, 0.15) is 0 Å².